The molecule has 2 aliphatic rings. The Bertz CT molecular complexity index is 958. The van der Waals surface area contributed by atoms with Crippen molar-refractivity contribution in [3.63, 3.8) is 0 Å². The van der Waals surface area contributed by atoms with Crippen LogP contribution in [0.15, 0.2) is 24.3 Å². The van der Waals surface area contributed by atoms with Gasteiger partial charge in [0.25, 0.3) is 0 Å². The van der Waals surface area contributed by atoms with E-state index in [2.05, 4.69) is 10.2 Å². The maximum atomic E-state index is 13.5. The number of fused-ring (bicyclic) bond motifs is 1. The number of carbonyl (C=O) groups excluding carboxylic acids is 1. The Balaban J connectivity index is 1.40. The second-order valence-corrected chi connectivity index (χ2v) is 9.14. The van der Waals surface area contributed by atoms with Crippen LogP contribution in [0.5, 0.6) is 0 Å². The third-order valence-corrected chi connectivity index (χ3v) is 6.58. The van der Waals surface area contributed by atoms with E-state index < -0.39 is 6.03 Å². The quantitative estimate of drug-likeness (QED) is 0.712. The molecule has 3 N–H and O–H groups in total. The van der Waals surface area contributed by atoms with Gasteiger partial charge in [0.05, 0.1) is 5.69 Å². The van der Waals surface area contributed by atoms with Crippen LogP contribution in [0.25, 0.3) is 0 Å². The van der Waals surface area contributed by atoms with Gasteiger partial charge in [-0.15, -0.1) is 0 Å². The van der Waals surface area contributed by atoms with Crippen molar-refractivity contribution in [2.75, 3.05) is 24.3 Å². The average Bonchev–Trinajstić information content (AvgIpc) is 2.77. The zero-order valence-electron chi connectivity index (χ0n) is 19.0. The van der Waals surface area contributed by atoms with Crippen LogP contribution < -0.4 is 16.0 Å². The molecule has 0 aliphatic heterocycles. The highest BCUT2D eigenvalue weighted by Crippen LogP contribution is 2.30. The molecule has 0 unspecified atom stereocenters. The van der Waals surface area contributed by atoms with E-state index in [1.165, 1.54) is 36.2 Å². The molecule has 8 heteroatoms. The number of hydrogen-bond donors (Lipinski definition) is 2. The number of nitrogens with two attached hydrogens (primary N) is 1. The van der Waals surface area contributed by atoms with E-state index in [1.54, 1.807) is 11.0 Å². The lowest BCUT2D eigenvalue weighted by molar-refractivity contribution is 0.156. The van der Waals surface area contributed by atoms with Crippen molar-refractivity contribution in [3.05, 3.63) is 46.9 Å². The van der Waals surface area contributed by atoms with Gasteiger partial charge in [0.1, 0.15) is 11.6 Å². The zero-order chi connectivity index (χ0) is 22.7. The van der Waals surface area contributed by atoms with E-state index in [0.717, 1.165) is 49.9 Å². The average molecular weight is 441 g/mol. The van der Waals surface area contributed by atoms with Crippen LogP contribution in [-0.2, 0) is 19.4 Å². The van der Waals surface area contributed by atoms with Crippen molar-refractivity contribution in [2.45, 2.75) is 70.0 Å². The Morgan fingerprint density at radius 2 is 1.91 bits per heavy atom. The van der Waals surface area contributed by atoms with Gasteiger partial charge < -0.3 is 20.9 Å². The lowest BCUT2D eigenvalue weighted by Crippen LogP contribution is -2.46. The van der Waals surface area contributed by atoms with E-state index in [4.69, 9.17) is 15.7 Å². The molecule has 0 spiro atoms. The Kier molecular flexibility index (Phi) is 6.77. The summed E-state index contributed by atoms with van der Waals surface area (Å²) in [6, 6.07) is 6.19. The largest absolute Gasteiger partial charge is 0.362 e. The molecular formula is C24H33FN6O. The number of rotatable bonds is 6. The van der Waals surface area contributed by atoms with Gasteiger partial charge in [-0.1, -0.05) is 12.1 Å². The molecule has 7 nitrogen and oxygen atoms in total. The van der Waals surface area contributed by atoms with Gasteiger partial charge in [-0.05, 0) is 69.1 Å². The molecule has 2 amide bonds. The van der Waals surface area contributed by atoms with Gasteiger partial charge in [-0.25, -0.2) is 14.2 Å². The summed E-state index contributed by atoms with van der Waals surface area (Å²) in [5, 5.41) is 3.54. The van der Waals surface area contributed by atoms with Crippen LogP contribution in [0.1, 0.15) is 55.3 Å². The predicted octanol–water partition coefficient (Wildman–Crippen LogP) is 3.86. The summed E-state index contributed by atoms with van der Waals surface area (Å²) in [6.07, 6.45) is 7.89. The van der Waals surface area contributed by atoms with Crippen molar-refractivity contribution in [1.29, 1.82) is 0 Å². The van der Waals surface area contributed by atoms with Crippen LogP contribution in [0.4, 0.5) is 21.0 Å². The summed E-state index contributed by atoms with van der Waals surface area (Å²) < 4.78 is 13.5. The van der Waals surface area contributed by atoms with Crippen molar-refractivity contribution < 1.29 is 9.18 Å². The molecule has 1 fully saturated rings. The van der Waals surface area contributed by atoms with Crippen LogP contribution in [-0.4, -0.2) is 47.1 Å². The predicted molar refractivity (Wildman–Crippen MR) is 124 cm³/mol. The Morgan fingerprint density at radius 1 is 1.16 bits per heavy atom. The highest BCUT2D eigenvalue weighted by atomic mass is 19.1. The minimum atomic E-state index is -0.459. The smallest absolute Gasteiger partial charge is 0.315 e. The molecule has 2 aromatic rings. The lowest BCUT2D eigenvalue weighted by Gasteiger charge is -2.36. The normalized spacial score (nSPS) is 20.3. The van der Waals surface area contributed by atoms with Crippen LogP contribution in [0, 0.1) is 5.82 Å². The number of urea groups is 1. The summed E-state index contributed by atoms with van der Waals surface area (Å²) in [4.78, 5) is 25.5. The van der Waals surface area contributed by atoms with E-state index in [1.807, 2.05) is 20.2 Å². The molecule has 172 valence electrons. The number of nitrogens with zero attached hydrogens (tertiary/aromatic N) is 4. The Hall–Kier alpha value is -2.90. The van der Waals surface area contributed by atoms with Crippen molar-refractivity contribution in [1.82, 2.24) is 14.9 Å². The van der Waals surface area contributed by atoms with Crippen LogP contribution in [0.3, 0.4) is 0 Å². The third kappa shape index (κ3) is 5.11. The Morgan fingerprint density at radius 3 is 2.59 bits per heavy atom. The van der Waals surface area contributed by atoms with Gasteiger partial charge >= 0.3 is 6.03 Å². The minimum absolute atomic E-state index is 0.0515. The van der Waals surface area contributed by atoms with Crippen molar-refractivity contribution in [3.8, 4) is 0 Å². The fourth-order valence-electron chi connectivity index (χ4n) is 4.94. The first-order valence-electron chi connectivity index (χ1n) is 11.5. The van der Waals surface area contributed by atoms with Gasteiger partial charge in [0, 0.05) is 38.3 Å². The van der Waals surface area contributed by atoms with Gasteiger partial charge in [0.15, 0.2) is 0 Å². The molecule has 0 saturated heterocycles. The number of nitrogens with one attached hydrogen (secondary N) is 1. The number of benzene rings is 1. The molecule has 1 aromatic heterocycles. The van der Waals surface area contributed by atoms with Gasteiger partial charge in [-0.2, -0.15) is 4.98 Å². The highest BCUT2D eigenvalue weighted by Gasteiger charge is 2.29. The first-order chi connectivity index (χ1) is 15.4. The van der Waals surface area contributed by atoms with Crippen molar-refractivity contribution in [2.24, 2.45) is 5.73 Å². The number of hydrogen-bond acceptors (Lipinski definition) is 5. The fourth-order valence-corrected chi connectivity index (χ4v) is 4.94. The van der Waals surface area contributed by atoms with E-state index in [-0.39, 0.29) is 17.9 Å². The molecule has 1 aromatic carbocycles. The molecule has 0 atom stereocenters. The molecule has 1 heterocycles. The summed E-state index contributed by atoms with van der Waals surface area (Å²) in [5.74, 6) is 1.41. The van der Waals surface area contributed by atoms with Gasteiger partial charge in [0.2, 0.25) is 5.95 Å². The Labute approximate surface area is 189 Å². The first-order valence-corrected chi connectivity index (χ1v) is 11.5. The summed E-state index contributed by atoms with van der Waals surface area (Å²) in [5.41, 5.74) is 8.88. The number of primary amides is 1. The summed E-state index contributed by atoms with van der Waals surface area (Å²) in [7, 11) is 4.06. The number of aryl methyl sites for hydroxylation is 1. The fraction of sp³-hybridized carbons (Fsp3) is 0.542. The standard InChI is InChI=1S/C24H33FN6O/c1-30(2)22-20-8-3-4-9-21(20)28-24(29-22)27-18-10-12-19(13-11-18)31(23(26)32)15-16-6-5-7-17(25)14-16/h5-7,14,18-19H,3-4,8-13,15H2,1-2H3,(H2,26,32)(H,27,28,29)/t18-,19+. The van der Waals surface area contributed by atoms with Gasteiger partial charge in [-0.3, -0.25) is 0 Å². The summed E-state index contributed by atoms with van der Waals surface area (Å²) >= 11 is 0. The topological polar surface area (TPSA) is 87.4 Å². The second kappa shape index (κ2) is 9.71. The SMILES string of the molecule is CN(C)c1nc(N[C@H]2CC[C@@H](N(Cc3cccc(F)c3)C(N)=O)CC2)nc2c1CCCC2. The zero-order valence-corrected chi connectivity index (χ0v) is 19.0. The minimum Gasteiger partial charge on any atom is -0.362 e. The molecule has 1 saturated carbocycles. The number of carbonyl (C=O) groups is 1. The molecule has 32 heavy (non-hydrogen) atoms. The second-order valence-electron chi connectivity index (χ2n) is 9.14. The molecule has 2 aliphatic carbocycles. The van der Waals surface area contributed by atoms with Crippen LogP contribution in [0.2, 0.25) is 0 Å². The van der Waals surface area contributed by atoms with Crippen molar-refractivity contribution >= 4 is 17.8 Å². The van der Waals surface area contributed by atoms with Crippen LogP contribution >= 0.6 is 0 Å². The lowest BCUT2D eigenvalue weighted by atomic mass is 9.90. The maximum Gasteiger partial charge on any atom is 0.315 e. The molecule has 4 rings (SSSR count). The molecule has 0 radical (unpaired) electrons. The molecule has 0 bridgehead atoms. The monoisotopic (exact) mass is 440 g/mol. The summed E-state index contributed by atoms with van der Waals surface area (Å²) in [6.45, 7) is 0.329. The number of amides is 2. The number of anilines is 2. The van der Waals surface area contributed by atoms with E-state index in [9.17, 15) is 9.18 Å². The highest BCUT2D eigenvalue weighted by molar-refractivity contribution is 5.72. The number of halogens is 1. The number of aromatic nitrogens is 2. The van der Waals surface area contributed by atoms with E-state index in [0.29, 0.717) is 12.5 Å². The van der Waals surface area contributed by atoms with E-state index >= 15 is 0 Å². The molecular weight excluding hydrogens is 407 g/mol. The third-order valence-electron chi connectivity index (χ3n) is 6.58. The maximum absolute atomic E-state index is 13.5. The first kappa shape index (κ1) is 22.3.